The van der Waals surface area contributed by atoms with E-state index in [1.54, 1.807) is 0 Å². The number of rotatable bonds is 4. The summed E-state index contributed by atoms with van der Waals surface area (Å²) >= 11 is 0. The van der Waals surface area contributed by atoms with Crippen LogP contribution in [0.5, 0.6) is 0 Å². The van der Waals surface area contributed by atoms with Crippen molar-refractivity contribution in [3.8, 4) is 0 Å². The summed E-state index contributed by atoms with van der Waals surface area (Å²) in [7, 11) is 1.16. The molecule has 0 aromatic heterocycles. The van der Waals surface area contributed by atoms with E-state index in [-0.39, 0.29) is 12.3 Å². The van der Waals surface area contributed by atoms with E-state index in [1.165, 1.54) is 0 Å². The Kier molecular flexibility index (Phi) is 5.53. The van der Waals surface area contributed by atoms with Gasteiger partial charge in [-0.05, 0) is 19.4 Å². The lowest BCUT2D eigenvalue weighted by Crippen LogP contribution is -2.50. The highest BCUT2D eigenvalue weighted by Crippen LogP contribution is 2.43. The van der Waals surface area contributed by atoms with Gasteiger partial charge in [-0.3, -0.25) is 0 Å². The van der Waals surface area contributed by atoms with E-state index < -0.39 is 24.3 Å². The summed E-state index contributed by atoms with van der Waals surface area (Å²) in [5.74, 6) is -3.33. The molecule has 1 aliphatic rings. The van der Waals surface area contributed by atoms with Crippen LogP contribution in [0.25, 0.3) is 0 Å². The van der Waals surface area contributed by atoms with Gasteiger partial charge in [0.15, 0.2) is 5.92 Å². The van der Waals surface area contributed by atoms with Gasteiger partial charge >= 0.3 is 12.4 Å². The van der Waals surface area contributed by atoms with E-state index in [0.717, 1.165) is 39.2 Å². The van der Waals surface area contributed by atoms with Crippen LogP contribution in [0.4, 0.5) is 26.3 Å². The summed E-state index contributed by atoms with van der Waals surface area (Å²) in [5.41, 5.74) is 0. The average Bonchev–Trinajstić information content (AvgIpc) is 2.25. The first-order valence-corrected chi connectivity index (χ1v) is 6.47. The maximum atomic E-state index is 12.6. The minimum absolute atomic E-state index is 0.0431. The first kappa shape index (κ1) is 16.6. The molecule has 0 saturated heterocycles. The molecular weight excluding hydrogens is 272 g/mol. The maximum Gasteiger partial charge on any atom is 0.401 e. The lowest BCUT2D eigenvalue weighted by Gasteiger charge is -2.33. The second-order valence-electron chi connectivity index (χ2n) is 5.20. The third kappa shape index (κ3) is 4.85. The predicted molar refractivity (Wildman–Crippen MR) is 59.6 cm³/mol. The van der Waals surface area contributed by atoms with Gasteiger partial charge in [0.25, 0.3) is 0 Å². The van der Waals surface area contributed by atoms with Crippen LogP contribution in [-0.4, -0.2) is 25.4 Å². The Morgan fingerprint density at radius 3 is 1.79 bits per heavy atom. The minimum Gasteiger partial charge on any atom is -0.316 e. The molecule has 1 saturated carbocycles. The monoisotopic (exact) mass is 291 g/mol. The van der Waals surface area contributed by atoms with Crippen molar-refractivity contribution in [2.24, 2.45) is 11.8 Å². The molecule has 1 fully saturated rings. The zero-order valence-electron chi connectivity index (χ0n) is 10.7. The third-order valence-electron chi connectivity index (χ3n) is 3.79. The number of hydrogen-bond donors (Lipinski definition) is 1. The highest BCUT2D eigenvalue weighted by Gasteiger charge is 2.59. The van der Waals surface area contributed by atoms with Crippen LogP contribution in [0, 0.1) is 11.8 Å². The second-order valence-corrected chi connectivity index (χ2v) is 5.20. The zero-order valence-corrected chi connectivity index (χ0v) is 10.7. The van der Waals surface area contributed by atoms with Gasteiger partial charge in [0.2, 0.25) is 0 Å². The Bertz CT molecular complexity index is 252. The molecule has 0 bridgehead atoms. The van der Waals surface area contributed by atoms with Crippen molar-refractivity contribution in [3.05, 3.63) is 0 Å². The van der Waals surface area contributed by atoms with Gasteiger partial charge in [0.05, 0.1) is 0 Å². The molecule has 0 radical (unpaired) electrons. The molecule has 114 valence electrons. The fraction of sp³-hybridized carbons (Fsp3) is 1.00. The summed E-state index contributed by atoms with van der Waals surface area (Å²) in [5, 5.41) is 2.22. The van der Waals surface area contributed by atoms with Crippen molar-refractivity contribution in [1.82, 2.24) is 5.32 Å². The molecule has 0 aliphatic heterocycles. The highest BCUT2D eigenvalue weighted by molar-refractivity contribution is 4.88. The summed E-state index contributed by atoms with van der Waals surface area (Å²) in [6, 6.07) is -1.59. The van der Waals surface area contributed by atoms with E-state index >= 15 is 0 Å². The molecular formula is C12H19F6N. The Hall–Kier alpha value is -0.460. The molecule has 1 rings (SSSR count). The molecule has 0 aromatic rings. The van der Waals surface area contributed by atoms with Crippen molar-refractivity contribution in [2.45, 2.75) is 56.9 Å². The van der Waals surface area contributed by atoms with Crippen molar-refractivity contribution in [1.29, 1.82) is 0 Å². The van der Waals surface area contributed by atoms with Crippen LogP contribution in [0.2, 0.25) is 0 Å². The van der Waals surface area contributed by atoms with Crippen LogP contribution < -0.4 is 5.32 Å². The van der Waals surface area contributed by atoms with E-state index in [1.807, 2.05) is 0 Å². The number of alkyl halides is 6. The quantitative estimate of drug-likeness (QED) is 0.762. The largest absolute Gasteiger partial charge is 0.401 e. The minimum atomic E-state index is -5.26. The van der Waals surface area contributed by atoms with Crippen molar-refractivity contribution >= 4 is 0 Å². The molecule has 19 heavy (non-hydrogen) atoms. The third-order valence-corrected chi connectivity index (χ3v) is 3.79. The van der Waals surface area contributed by atoms with Gasteiger partial charge < -0.3 is 5.32 Å². The van der Waals surface area contributed by atoms with Gasteiger partial charge in [-0.15, -0.1) is 0 Å². The molecule has 1 unspecified atom stereocenters. The molecule has 1 aliphatic carbocycles. The second kappa shape index (κ2) is 6.33. The summed E-state index contributed by atoms with van der Waals surface area (Å²) in [4.78, 5) is 0. The van der Waals surface area contributed by atoms with E-state index in [0.29, 0.717) is 0 Å². The number of halogens is 6. The average molecular weight is 291 g/mol. The van der Waals surface area contributed by atoms with E-state index in [4.69, 9.17) is 0 Å². The smallest absolute Gasteiger partial charge is 0.316 e. The van der Waals surface area contributed by atoms with Crippen LogP contribution >= 0.6 is 0 Å². The molecule has 1 atom stereocenters. The van der Waals surface area contributed by atoms with Gasteiger partial charge in [-0.2, -0.15) is 26.3 Å². The highest BCUT2D eigenvalue weighted by atomic mass is 19.4. The molecule has 0 amide bonds. The molecule has 0 heterocycles. The van der Waals surface area contributed by atoms with Crippen molar-refractivity contribution in [3.63, 3.8) is 0 Å². The molecule has 7 heteroatoms. The van der Waals surface area contributed by atoms with Crippen LogP contribution in [0.15, 0.2) is 0 Å². The van der Waals surface area contributed by atoms with E-state index in [9.17, 15) is 26.3 Å². The number of nitrogens with one attached hydrogen (secondary N) is 1. The zero-order chi connectivity index (χ0) is 14.7. The van der Waals surface area contributed by atoms with Gasteiger partial charge in [0, 0.05) is 6.04 Å². The van der Waals surface area contributed by atoms with Crippen molar-refractivity contribution < 1.29 is 26.3 Å². The fourth-order valence-corrected chi connectivity index (χ4v) is 2.84. The van der Waals surface area contributed by atoms with Crippen LogP contribution in [0.1, 0.15) is 38.5 Å². The normalized spacial score (nSPS) is 20.8. The lowest BCUT2D eigenvalue weighted by molar-refractivity contribution is -0.292. The Balaban J connectivity index is 2.78. The maximum absolute atomic E-state index is 12.6. The summed E-state index contributed by atoms with van der Waals surface area (Å²) < 4.78 is 75.9. The number of hydrogen-bond acceptors (Lipinski definition) is 1. The molecule has 1 N–H and O–H groups in total. The first-order chi connectivity index (χ1) is 8.66. The van der Waals surface area contributed by atoms with Gasteiger partial charge in [-0.25, -0.2) is 0 Å². The fourth-order valence-electron chi connectivity index (χ4n) is 2.84. The summed E-state index contributed by atoms with van der Waals surface area (Å²) in [6.45, 7) is 0. The van der Waals surface area contributed by atoms with Gasteiger partial charge in [-0.1, -0.05) is 32.1 Å². The van der Waals surface area contributed by atoms with Gasteiger partial charge in [0.1, 0.15) is 0 Å². The molecule has 1 nitrogen and oxygen atoms in total. The van der Waals surface area contributed by atoms with Crippen LogP contribution in [0.3, 0.4) is 0 Å². The van der Waals surface area contributed by atoms with E-state index in [2.05, 4.69) is 5.32 Å². The van der Waals surface area contributed by atoms with Crippen LogP contribution in [-0.2, 0) is 0 Å². The lowest BCUT2D eigenvalue weighted by atomic mass is 9.81. The Morgan fingerprint density at radius 1 is 0.947 bits per heavy atom. The van der Waals surface area contributed by atoms with Crippen molar-refractivity contribution in [2.75, 3.05) is 7.05 Å². The standard InChI is InChI=1S/C12H19F6N/c1-19-9(7-8-5-3-2-4-6-8)10(11(13,14)15)12(16,17)18/h8-10,19H,2-7H2,1H3. The topological polar surface area (TPSA) is 12.0 Å². The molecule has 0 aromatic carbocycles. The Morgan fingerprint density at radius 2 is 1.42 bits per heavy atom. The summed E-state index contributed by atoms with van der Waals surface area (Å²) in [6.07, 6.45) is -6.35. The SMILES string of the molecule is CNC(CC1CCCCC1)C(C(F)(F)F)C(F)(F)F. The molecule has 0 spiro atoms. The predicted octanol–water partition coefficient (Wildman–Crippen LogP) is 4.29. The first-order valence-electron chi connectivity index (χ1n) is 6.47. The Labute approximate surface area is 108 Å².